The number of rotatable bonds is 5. The second-order valence-corrected chi connectivity index (χ2v) is 5.24. The van der Waals surface area contributed by atoms with Crippen LogP contribution in [0, 0.1) is 0 Å². The van der Waals surface area contributed by atoms with E-state index in [0.29, 0.717) is 6.54 Å². The Hall–Kier alpha value is -3.08. The number of likely N-dealkylation sites (N-methyl/N-ethyl adjacent to an activating group) is 1. The average molecular weight is 325 g/mol. The fourth-order valence-electron chi connectivity index (χ4n) is 2.28. The summed E-state index contributed by atoms with van der Waals surface area (Å²) in [5.41, 5.74) is 3.05. The van der Waals surface area contributed by atoms with E-state index in [-0.39, 0.29) is 0 Å². The van der Waals surface area contributed by atoms with Gasteiger partial charge in [-0.2, -0.15) is 0 Å². The number of benzene rings is 2. The number of methoxy groups -OCH3 is 1. The van der Waals surface area contributed by atoms with Crippen molar-refractivity contribution in [2.75, 3.05) is 14.2 Å². The highest BCUT2D eigenvalue weighted by atomic mass is 16.5. The van der Waals surface area contributed by atoms with Crippen molar-refractivity contribution in [1.82, 2.24) is 4.90 Å². The van der Waals surface area contributed by atoms with Gasteiger partial charge in [0, 0.05) is 13.6 Å². The minimum Gasteiger partial charge on any atom is -0.502 e. The number of aliphatic hydroxyl groups excluding tert-OH is 1. The molecule has 2 aromatic rings. The molecule has 1 amide bonds. The lowest BCUT2D eigenvalue weighted by atomic mass is 9.99. The van der Waals surface area contributed by atoms with E-state index in [1.807, 2.05) is 54.6 Å². The third-order valence-corrected chi connectivity index (χ3v) is 3.54. The molecule has 0 aromatic heterocycles. The number of ether oxygens (including phenoxy) is 1. The van der Waals surface area contributed by atoms with Crippen molar-refractivity contribution < 1.29 is 19.4 Å². The molecule has 0 radical (unpaired) electrons. The lowest BCUT2D eigenvalue weighted by Crippen LogP contribution is -2.25. The van der Waals surface area contributed by atoms with Gasteiger partial charge in [-0.25, -0.2) is 4.79 Å². The zero-order valence-corrected chi connectivity index (χ0v) is 13.6. The Labute approximate surface area is 140 Å². The molecule has 0 aliphatic carbocycles. The Morgan fingerprint density at radius 2 is 1.71 bits per heavy atom. The molecule has 0 aliphatic rings. The predicted octanol–water partition coefficient (Wildman–Crippen LogP) is 2.93. The van der Waals surface area contributed by atoms with Gasteiger partial charge in [0.15, 0.2) is 0 Å². The van der Waals surface area contributed by atoms with Gasteiger partial charge in [0.25, 0.3) is 5.91 Å². The largest absolute Gasteiger partial charge is 0.502 e. The third-order valence-electron chi connectivity index (χ3n) is 3.54. The number of hydrogen-bond donors (Lipinski definition) is 1. The summed E-state index contributed by atoms with van der Waals surface area (Å²) in [6.45, 7) is 0.342. The van der Waals surface area contributed by atoms with Gasteiger partial charge >= 0.3 is 5.97 Å². The van der Waals surface area contributed by atoms with Crippen LogP contribution in [0.1, 0.15) is 5.56 Å². The van der Waals surface area contributed by atoms with Crippen molar-refractivity contribution >= 4 is 11.9 Å². The summed E-state index contributed by atoms with van der Waals surface area (Å²) < 4.78 is 4.36. The first-order valence-electron chi connectivity index (χ1n) is 7.40. The van der Waals surface area contributed by atoms with Gasteiger partial charge in [-0.3, -0.25) is 4.79 Å². The van der Waals surface area contributed by atoms with Crippen molar-refractivity contribution in [2.45, 2.75) is 6.54 Å². The number of hydrogen-bond acceptors (Lipinski definition) is 4. The molecule has 5 nitrogen and oxygen atoms in total. The number of carbonyl (C=O) groups excluding carboxylic acids is 2. The lowest BCUT2D eigenvalue weighted by Gasteiger charge is -2.18. The summed E-state index contributed by atoms with van der Waals surface area (Å²) in [4.78, 5) is 24.7. The molecule has 0 spiro atoms. The Morgan fingerprint density at radius 1 is 1.08 bits per heavy atom. The molecule has 0 bridgehead atoms. The minimum absolute atomic E-state index is 0.342. The van der Waals surface area contributed by atoms with Crippen molar-refractivity contribution in [2.24, 2.45) is 0 Å². The minimum atomic E-state index is -0.943. The van der Waals surface area contributed by atoms with Gasteiger partial charge < -0.3 is 14.7 Å². The number of aliphatic hydroxyl groups is 1. The topological polar surface area (TPSA) is 66.8 Å². The van der Waals surface area contributed by atoms with E-state index in [1.165, 1.54) is 4.90 Å². The Balaban J connectivity index is 2.20. The van der Waals surface area contributed by atoms with Crippen LogP contribution in [0.5, 0.6) is 0 Å². The first-order chi connectivity index (χ1) is 11.5. The van der Waals surface area contributed by atoms with Crippen LogP contribution in [0.15, 0.2) is 66.4 Å². The first-order valence-corrected chi connectivity index (χ1v) is 7.40. The van der Waals surface area contributed by atoms with Crippen LogP contribution in [0.4, 0.5) is 0 Å². The van der Waals surface area contributed by atoms with E-state index >= 15 is 0 Å². The van der Waals surface area contributed by atoms with Gasteiger partial charge in [0.2, 0.25) is 5.76 Å². The molecule has 2 aromatic carbocycles. The van der Waals surface area contributed by atoms with E-state index in [2.05, 4.69) is 4.74 Å². The van der Waals surface area contributed by atoms with Gasteiger partial charge in [0.05, 0.1) is 13.2 Å². The summed E-state index contributed by atoms with van der Waals surface area (Å²) in [5, 5.41) is 9.47. The van der Waals surface area contributed by atoms with Crippen LogP contribution in [0.2, 0.25) is 0 Å². The standard InChI is InChI=1S/C19H19NO4/c1-20(18(22)12-17(21)19(23)24-2)13-15-10-6-7-11-16(15)14-8-4-3-5-9-14/h3-12,21H,13H2,1-2H3/b17-12-. The SMILES string of the molecule is COC(=O)/C(O)=C/C(=O)N(C)Cc1ccccc1-c1ccccc1. The van der Waals surface area contributed by atoms with E-state index in [9.17, 15) is 14.7 Å². The fourth-order valence-corrected chi connectivity index (χ4v) is 2.28. The Kier molecular flexibility index (Phi) is 5.73. The highest BCUT2D eigenvalue weighted by Crippen LogP contribution is 2.24. The van der Waals surface area contributed by atoms with Crippen LogP contribution in [-0.2, 0) is 20.9 Å². The lowest BCUT2D eigenvalue weighted by molar-refractivity contribution is -0.139. The van der Waals surface area contributed by atoms with Crippen LogP contribution >= 0.6 is 0 Å². The maximum absolute atomic E-state index is 12.1. The smallest absolute Gasteiger partial charge is 0.373 e. The molecule has 0 fully saturated rings. The van der Waals surface area contributed by atoms with Gasteiger partial charge in [-0.1, -0.05) is 54.6 Å². The first kappa shape index (κ1) is 17.3. The van der Waals surface area contributed by atoms with Gasteiger partial charge in [-0.05, 0) is 16.7 Å². The molecule has 124 valence electrons. The van der Waals surface area contributed by atoms with Gasteiger partial charge in [-0.15, -0.1) is 0 Å². The number of nitrogens with zero attached hydrogens (tertiary/aromatic N) is 1. The molecular formula is C19H19NO4. The highest BCUT2D eigenvalue weighted by Gasteiger charge is 2.14. The molecule has 0 saturated carbocycles. The molecular weight excluding hydrogens is 306 g/mol. The molecule has 5 heteroatoms. The number of carbonyl (C=O) groups is 2. The van der Waals surface area contributed by atoms with Crippen LogP contribution < -0.4 is 0 Å². The molecule has 1 N–H and O–H groups in total. The maximum atomic E-state index is 12.1. The van der Waals surface area contributed by atoms with Gasteiger partial charge in [0.1, 0.15) is 0 Å². The van der Waals surface area contributed by atoms with E-state index < -0.39 is 17.6 Å². The van der Waals surface area contributed by atoms with Crippen molar-refractivity contribution in [3.8, 4) is 11.1 Å². The number of esters is 1. The molecule has 0 heterocycles. The van der Waals surface area contributed by atoms with Crippen LogP contribution in [-0.4, -0.2) is 36.0 Å². The predicted molar refractivity (Wildman–Crippen MR) is 91.1 cm³/mol. The quantitative estimate of drug-likeness (QED) is 0.521. The van der Waals surface area contributed by atoms with E-state index in [1.54, 1.807) is 7.05 Å². The van der Waals surface area contributed by atoms with E-state index in [0.717, 1.165) is 29.9 Å². The summed E-state index contributed by atoms with van der Waals surface area (Å²) >= 11 is 0. The second-order valence-electron chi connectivity index (χ2n) is 5.24. The summed E-state index contributed by atoms with van der Waals surface area (Å²) in [6.07, 6.45) is 0.858. The molecule has 2 rings (SSSR count). The summed E-state index contributed by atoms with van der Waals surface area (Å²) in [5.74, 6) is -2.15. The molecule has 0 atom stereocenters. The summed E-state index contributed by atoms with van der Waals surface area (Å²) in [6, 6.07) is 17.6. The Bertz CT molecular complexity index is 753. The fraction of sp³-hybridized carbons (Fsp3) is 0.158. The van der Waals surface area contributed by atoms with Crippen molar-refractivity contribution in [3.05, 3.63) is 72.0 Å². The van der Waals surface area contributed by atoms with Crippen molar-refractivity contribution in [1.29, 1.82) is 0 Å². The third kappa shape index (κ3) is 4.23. The monoisotopic (exact) mass is 325 g/mol. The van der Waals surface area contributed by atoms with Crippen molar-refractivity contribution in [3.63, 3.8) is 0 Å². The van der Waals surface area contributed by atoms with Crippen LogP contribution in [0.3, 0.4) is 0 Å². The number of amides is 1. The molecule has 0 aliphatic heterocycles. The average Bonchev–Trinajstić information content (AvgIpc) is 2.62. The molecule has 0 unspecified atom stereocenters. The maximum Gasteiger partial charge on any atom is 0.373 e. The second kappa shape index (κ2) is 7.97. The Morgan fingerprint density at radius 3 is 2.38 bits per heavy atom. The summed E-state index contributed by atoms with van der Waals surface area (Å²) in [7, 11) is 2.74. The van der Waals surface area contributed by atoms with E-state index in [4.69, 9.17) is 0 Å². The zero-order valence-electron chi connectivity index (χ0n) is 13.6. The molecule has 24 heavy (non-hydrogen) atoms. The normalized spacial score (nSPS) is 11.0. The van der Waals surface area contributed by atoms with Crippen LogP contribution in [0.25, 0.3) is 11.1 Å². The highest BCUT2D eigenvalue weighted by molar-refractivity contribution is 5.96. The zero-order chi connectivity index (χ0) is 17.5. The molecule has 0 saturated heterocycles.